The Bertz CT molecular complexity index is 976. The lowest BCUT2D eigenvalue weighted by Gasteiger charge is -2.13. The van der Waals surface area contributed by atoms with Crippen molar-refractivity contribution in [2.45, 2.75) is 6.54 Å². The minimum Gasteiger partial charge on any atom is -0.348 e. The summed E-state index contributed by atoms with van der Waals surface area (Å²) in [5.41, 5.74) is 4.32. The monoisotopic (exact) mass is 332 g/mol. The molecular formula is C19H16N4O2. The van der Waals surface area contributed by atoms with E-state index in [1.54, 1.807) is 42.9 Å². The van der Waals surface area contributed by atoms with E-state index in [2.05, 4.69) is 15.6 Å². The minimum atomic E-state index is -0.240. The summed E-state index contributed by atoms with van der Waals surface area (Å²) in [6, 6.07) is 12.6. The van der Waals surface area contributed by atoms with Crippen molar-refractivity contribution in [1.29, 1.82) is 0 Å². The van der Waals surface area contributed by atoms with Gasteiger partial charge in [-0.15, -0.1) is 0 Å². The molecule has 0 atom stereocenters. The van der Waals surface area contributed by atoms with Gasteiger partial charge >= 0.3 is 0 Å². The second-order valence-electron chi connectivity index (χ2n) is 5.91. The number of carbonyl (C=O) groups excluding carboxylic acids is 2. The lowest BCUT2D eigenvalue weighted by Crippen LogP contribution is -2.17. The Hall–Kier alpha value is -3.41. The van der Waals surface area contributed by atoms with Crippen LogP contribution in [0.3, 0.4) is 0 Å². The van der Waals surface area contributed by atoms with E-state index >= 15 is 0 Å². The van der Waals surface area contributed by atoms with E-state index in [0.717, 1.165) is 16.8 Å². The van der Waals surface area contributed by atoms with Gasteiger partial charge in [0.05, 0.1) is 29.5 Å². The molecular weight excluding hydrogens is 316 g/mol. The lowest BCUT2D eigenvalue weighted by atomic mass is 9.99. The van der Waals surface area contributed by atoms with Gasteiger partial charge in [0.2, 0.25) is 0 Å². The van der Waals surface area contributed by atoms with Crippen LogP contribution in [0.15, 0.2) is 55.0 Å². The summed E-state index contributed by atoms with van der Waals surface area (Å²) in [4.78, 5) is 28.9. The van der Waals surface area contributed by atoms with Gasteiger partial charge in [0.15, 0.2) is 0 Å². The SMILES string of the molecule is Cn1cncc1-c1ccc(NC(=O)c2ccccc2)c2c1CNC2=O. The van der Waals surface area contributed by atoms with Crippen LogP contribution in [0.4, 0.5) is 5.69 Å². The fraction of sp³-hybridized carbons (Fsp3) is 0.105. The molecule has 3 aromatic rings. The van der Waals surface area contributed by atoms with Crippen molar-refractivity contribution in [3.05, 3.63) is 71.7 Å². The first kappa shape index (κ1) is 15.1. The minimum absolute atomic E-state index is 0.178. The molecule has 0 fully saturated rings. The van der Waals surface area contributed by atoms with Gasteiger partial charge in [-0.05, 0) is 23.8 Å². The molecule has 6 nitrogen and oxygen atoms in total. The number of fused-ring (bicyclic) bond motifs is 1. The first-order valence-electron chi connectivity index (χ1n) is 7.92. The number of aryl methyl sites for hydroxylation is 1. The molecule has 0 saturated carbocycles. The van der Waals surface area contributed by atoms with E-state index in [1.807, 2.05) is 23.7 Å². The predicted molar refractivity (Wildman–Crippen MR) is 94.2 cm³/mol. The van der Waals surface area contributed by atoms with Crippen LogP contribution in [0.1, 0.15) is 26.3 Å². The number of rotatable bonds is 3. The molecule has 25 heavy (non-hydrogen) atoms. The van der Waals surface area contributed by atoms with Crippen LogP contribution in [-0.4, -0.2) is 21.4 Å². The van der Waals surface area contributed by atoms with Crippen molar-refractivity contribution < 1.29 is 9.59 Å². The number of hydrogen-bond acceptors (Lipinski definition) is 3. The van der Waals surface area contributed by atoms with Crippen LogP contribution in [0.5, 0.6) is 0 Å². The maximum Gasteiger partial charge on any atom is 0.255 e. The summed E-state index contributed by atoms with van der Waals surface area (Å²) in [5, 5.41) is 5.69. The number of benzene rings is 2. The number of carbonyl (C=O) groups is 2. The molecule has 0 bridgehead atoms. The third-order valence-electron chi connectivity index (χ3n) is 4.34. The molecule has 1 aromatic heterocycles. The Kier molecular flexibility index (Phi) is 3.57. The van der Waals surface area contributed by atoms with Gasteiger partial charge in [-0.25, -0.2) is 4.98 Å². The zero-order chi connectivity index (χ0) is 17.4. The number of amides is 2. The summed E-state index contributed by atoms with van der Waals surface area (Å²) >= 11 is 0. The first-order chi connectivity index (χ1) is 12.1. The smallest absolute Gasteiger partial charge is 0.255 e. The fourth-order valence-electron chi connectivity index (χ4n) is 3.09. The maximum atomic E-state index is 12.4. The molecule has 0 unspecified atom stereocenters. The van der Waals surface area contributed by atoms with E-state index < -0.39 is 0 Å². The second-order valence-corrected chi connectivity index (χ2v) is 5.91. The van der Waals surface area contributed by atoms with Crippen LogP contribution < -0.4 is 10.6 Å². The highest BCUT2D eigenvalue weighted by Crippen LogP contribution is 2.33. The van der Waals surface area contributed by atoms with Crippen LogP contribution in [0.25, 0.3) is 11.3 Å². The van der Waals surface area contributed by atoms with E-state index in [4.69, 9.17) is 0 Å². The highest BCUT2D eigenvalue weighted by Gasteiger charge is 2.27. The molecule has 2 heterocycles. The predicted octanol–water partition coefficient (Wildman–Crippen LogP) is 2.58. The zero-order valence-corrected chi connectivity index (χ0v) is 13.6. The molecule has 0 spiro atoms. The van der Waals surface area contributed by atoms with Crippen LogP contribution in [-0.2, 0) is 13.6 Å². The highest BCUT2D eigenvalue weighted by atomic mass is 16.2. The Morgan fingerprint density at radius 1 is 1.20 bits per heavy atom. The van der Waals surface area contributed by atoms with Crippen LogP contribution >= 0.6 is 0 Å². The molecule has 0 saturated heterocycles. The van der Waals surface area contributed by atoms with Crippen LogP contribution in [0.2, 0.25) is 0 Å². The van der Waals surface area contributed by atoms with Crippen molar-refractivity contribution >= 4 is 17.5 Å². The third-order valence-corrected chi connectivity index (χ3v) is 4.34. The van der Waals surface area contributed by atoms with Crippen molar-refractivity contribution in [2.75, 3.05) is 5.32 Å². The number of imidazole rings is 1. The summed E-state index contributed by atoms with van der Waals surface area (Å²) in [5.74, 6) is -0.418. The molecule has 1 aliphatic heterocycles. The van der Waals surface area contributed by atoms with Crippen molar-refractivity contribution in [3.8, 4) is 11.3 Å². The van der Waals surface area contributed by atoms with Crippen molar-refractivity contribution in [3.63, 3.8) is 0 Å². The summed E-state index contributed by atoms with van der Waals surface area (Å²) in [6.45, 7) is 0.434. The molecule has 6 heteroatoms. The molecule has 0 radical (unpaired) electrons. The molecule has 124 valence electrons. The van der Waals surface area contributed by atoms with Crippen molar-refractivity contribution in [1.82, 2.24) is 14.9 Å². The van der Waals surface area contributed by atoms with Gasteiger partial charge in [0.25, 0.3) is 11.8 Å². The van der Waals surface area contributed by atoms with Gasteiger partial charge in [-0.1, -0.05) is 24.3 Å². The second kappa shape index (κ2) is 5.90. The number of nitrogens with zero attached hydrogens (tertiary/aromatic N) is 2. The van der Waals surface area contributed by atoms with E-state index in [1.165, 1.54) is 0 Å². The zero-order valence-electron chi connectivity index (χ0n) is 13.6. The molecule has 1 aliphatic rings. The summed E-state index contributed by atoms with van der Waals surface area (Å²) in [6.07, 6.45) is 3.48. The molecule has 2 N–H and O–H groups in total. The average molecular weight is 332 g/mol. The number of anilines is 1. The number of aromatic nitrogens is 2. The van der Waals surface area contributed by atoms with E-state index in [-0.39, 0.29) is 11.8 Å². The highest BCUT2D eigenvalue weighted by molar-refractivity contribution is 6.11. The normalized spacial score (nSPS) is 12.6. The molecule has 2 amide bonds. The molecule has 2 aromatic carbocycles. The van der Waals surface area contributed by atoms with Gasteiger partial charge < -0.3 is 15.2 Å². The first-order valence-corrected chi connectivity index (χ1v) is 7.92. The Balaban J connectivity index is 1.76. The van der Waals surface area contributed by atoms with E-state index in [9.17, 15) is 9.59 Å². The summed E-state index contributed by atoms with van der Waals surface area (Å²) in [7, 11) is 1.91. The van der Waals surface area contributed by atoms with Crippen LogP contribution in [0, 0.1) is 0 Å². The Labute approximate surface area is 144 Å². The number of nitrogens with one attached hydrogen (secondary N) is 2. The number of hydrogen-bond donors (Lipinski definition) is 2. The molecule has 0 aliphatic carbocycles. The largest absolute Gasteiger partial charge is 0.348 e. The fourth-order valence-corrected chi connectivity index (χ4v) is 3.09. The van der Waals surface area contributed by atoms with Gasteiger partial charge in [0.1, 0.15) is 0 Å². The van der Waals surface area contributed by atoms with Gasteiger partial charge in [-0.2, -0.15) is 0 Å². The Morgan fingerprint density at radius 3 is 2.72 bits per heavy atom. The lowest BCUT2D eigenvalue weighted by molar-refractivity contribution is 0.0966. The van der Waals surface area contributed by atoms with Gasteiger partial charge in [0, 0.05) is 24.7 Å². The topological polar surface area (TPSA) is 76.0 Å². The van der Waals surface area contributed by atoms with Gasteiger partial charge in [-0.3, -0.25) is 9.59 Å². The average Bonchev–Trinajstić information content (AvgIpc) is 3.23. The molecule has 4 rings (SSSR count). The summed E-state index contributed by atoms with van der Waals surface area (Å²) < 4.78 is 1.90. The maximum absolute atomic E-state index is 12.4. The third kappa shape index (κ3) is 2.57. The Morgan fingerprint density at radius 2 is 2.00 bits per heavy atom. The quantitative estimate of drug-likeness (QED) is 0.774. The van der Waals surface area contributed by atoms with Crippen molar-refractivity contribution in [2.24, 2.45) is 7.05 Å². The van der Waals surface area contributed by atoms with E-state index in [0.29, 0.717) is 23.4 Å². The standard InChI is InChI=1S/C19H16N4O2/c1-23-11-20-10-16(23)13-7-8-15(17-14(13)9-21-19(17)25)22-18(24)12-5-3-2-4-6-12/h2-8,10-11H,9H2,1H3,(H,21,25)(H,22,24).